The molecular formula is C21H22FN7OS. The molecule has 1 fully saturated rings. The molecule has 4 aromatic rings. The second-order valence-electron chi connectivity index (χ2n) is 7.57. The van der Waals surface area contributed by atoms with Gasteiger partial charge in [-0.05, 0) is 38.1 Å². The van der Waals surface area contributed by atoms with E-state index in [1.807, 2.05) is 20.0 Å². The highest BCUT2D eigenvalue weighted by atomic mass is 32.1. The second-order valence-corrected chi connectivity index (χ2v) is 8.51. The molecular weight excluding hydrogens is 417 g/mol. The van der Waals surface area contributed by atoms with Crippen molar-refractivity contribution in [2.45, 2.75) is 20.0 Å². The molecule has 3 aromatic heterocycles. The zero-order valence-electron chi connectivity index (χ0n) is 17.3. The van der Waals surface area contributed by atoms with Crippen LogP contribution in [0.1, 0.15) is 13.8 Å². The summed E-state index contributed by atoms with van der Waals surface area (Å²) >= 11 is 1.55. The molecule has 0 atom stereocenters. The summed E-state index contributed by atoms with van der Waals surface area (Å²) < 4.78 is 20.8. The van der Waals surface area contributed by atoms with Crippen molar-refractivity contribution in [3.63, 3.8) is 0 Å². The molecule has 1 aromatic carbocycles. The van der Waals surface area contributed by atoms with Gasteiger partial charge < -0.3 is 14.5 Å². The van der Waals surface area contributed by atoms with E-state index in [1.165, 1.54) is 12.1 Å². The van der Waals surface area contributed by atoms with Crippen molar-refractivity contribution < 1.29 is 9.13 Å². The standard InChI is InChI=1S/C21H22FN7OS/c1-14(2)30-19-18(23-7-8-24-19)27-9-11-28(12-10-27)21-26-29-13-17(25-20(29)31-21)15-3-5-16(22)6-4-15/h3-8,13-14H,9-12H2,1-2H3. The van der Waals surface area contributed by atoms with Crippen LogP contribution in [0.15, 0.2) is 42.9 Å². The van der Waals surface area contributed by atoms with E-state index in [9.17, 15) is 4.39 Å². The van der Waals surface area contributed by atoms with Crippen LogP contribution >= 0.6 is 11.3 Å². The summed E-state index contributed by atoms with van der Waals surface area (Å²) in [6.07, 6.45) is 5.28. The molecule has 0 bridgehead atoms. The number of hydrogen-bond acceptors (Lipinski definition) is 8. The van der Waals surface area contributed by atoms with E-state index in [4.69, 9.17) is 9.84 Å². The Balaban J connectivity index is 1.29. The van der Waals surface area contributed by atoms with Crippen LogP contribution in [0.5, 0.6) is 5.88 Å². The Bertz CT molecular complexity index is 1150. The topological polar surface area (TPSA) is 71.7 Å². The van der Waals surface area contributed by atoms with Gasteiger partial charge in [0.05, 0.1) is 18.0 Å². The van der Waals surface area contributed by atoms with Crippen molar-refractivity contribution in [1.29, 1.82) is 0 Å². The Morgan fingerprint density at radius 2 is 1.71 bits per heavy atom. The predicted molar refractivity (Wildman–Crippen MR) is 118 cm³/mol. The zero-order valence-corrected chi connectivity index (χ0v) is 18.1. The first kappa shape index (κ1) is 19.7. The van der Waals surface area contributed by atoms with Gasteiger partial charge in [-0.15, -0.1) is 5.10 Å². The average Bonchev–Trinajstić information content (AvgIpc) is 3.34. The molecule has 0 spiro atoms. The van der Waals surface area contributed by atoms with E-state index in [0.717, 1.165) is 53.3 Å². The number of benzene rings is 1. The normalized spacial score (nSPS) is 14.6. The Morgan fingerprint density at radius 3 is 2.42 bits per heavy atom. The number of halogens is 1. The lowest BCUT2D eigenvalue weighted by Gasteiger charge is -2.35. The van der Waals surface area contributed by atoms with E-state index in [2.05, 4.69) is 24.8 Å². The Labute approximate surface area is 182 Å². The minimum Gasteiger partial charge on any atom is -0.472 e. The fraction of sp³-hybridized carbons (Fsp3) is 0.333. The average molecular weight is 440 g/mol. The maximum absolute atomic E-state index is 13.2. The van der Waals surface area contributed by atoms with Crippen molar-refractivity contribution in [2.24, 2.45) is 0 Å². The molecule has 0 N–H and O–H groups in total. The van der Waals surface area contributed by atoms with Gasteiger partial charge in [0.25, 0.3) is 5.88 Å². The van der Waals surface area contributed by atoms with Crippen molar-refractivity contribution in [1.82, 2.24) is 24.6 Å². The first-order chi connectivity index (χ1) is 15.1. The highest BCUT2D eigenvalue weighted by molar-refractivity contribution is 7.20. The molecule has 1 aliphatic heterocycles. The van der Waals surface area contributed by atoms with E-state index >= 15 is 0 Å². The summed E-state index contributed by atoms with van der Waals surface area (Å²) in [6, 6.07) is 6.34. The van der Waals surface area contributed by atoms with Gasteiger partial charge in [0.15, 0.2) is 5.82 Å². The molecule has 0 radical (unpaired) electrons. The summed E-state index contributed by atoms with van der Waals surface area (Å²) in [6.45, 7) is 7.21. The predicted octanol–water partition coefficient (Wildman–Crippen LogP) is 3.50. The van der Waals surface area contributed by atoms with Gasteiger partial charge in [0.2, 0.25) is 10.1 Å². The quantitative estimate of drug-likeness (QED) is 0.471. The second kappa shape index (κ2) is 8.10. The SMILES string of the molecule is CC(C)Oc1nccnc1N1CCN(c2nn3cc(-c4ccc(F)cc4)nc3s2)CC1. The van der Waals surface area contributed by atoms with Crippen LogP contribution in [0, 0.1) is 5.82 Å². The molecule has 5 rings (SSSR count). The number of fused-ring (bicyclic) bond motifs is 1. The minimum absolute atomic E-state index is 0.0445. The number of hydrogen-bond donors (Lipinski definition) is 0. The maximum Gasteiger partial charge on any atom is 0.257 e. The lowest BCUT2D eigenvalue weighted by atomic mass is 10.2. The number of imidazole rings is 1. The van der Waals surface area contributed by atoms with Gasteiger partial charge in [-0.3, -0.25) is 0 Å². The van der Waals surface area contributed by atoms with Gasteiger partial charge in [-0.25, -0.2) is 23.9 Å². The van der Waals surface area contributed by atoms with E-state index in [1.54, 1.807) is 40.4 Å². The van der Waals surface area contributed by atoms with Gasteiger partial charge in [-0.2, -0.15) is 0 Å². The third-order valence-electron chi connectivity index (χ3n) is 5.02. The first-order valence-electron chi connectivity index (χ1n) is 10.2. The van der Waals surface area contributed by atoms with Crippen LogP contribution in [0.3, 0.4) is 0 Å². The largest absolute Gasteiger partial charge is 0.472 e. The van der Waals surface area contributed by atoms with Crippen LogP contribution in [0.25, 0.3) is 16.2 Å². The monoisotopic (exact) mass is 439 g/mol. The van der Waals surface area contributed by atoms with Crippen LogP contribution < -0.4 is 14.5 Å². The lowest BCUT2D eigenvalue weighted by Crippen LogP contribution is -2.47. The van der Waals surface area contributed by atoms with Crippen molar-refractivity contribution in [2.75, 3.05) is 36.0 Å². The van der Waals surface area contributed by atoms with Crippen LogP contribution in [-0.4, -0.2) is 56.8 Å². The Hall–Kier alpha value is -3.27. The summed E-state index contributed by atoms with van der Waals surface area (Å²) in [4.78, 5) is 18.8. The molecule has 10 heteroatoms. The van der Waals surface area contributed by atoms with E-state index < -0.39 is 0 Å². The first-order valence-corrected chi connectivity index (χ1v) is 11.0. The van der Waals surface area contributed by atoms with Crippen molar-refractivity contribution >= 4 is 27.2 Å². The van der Waals surface area contributed by atoms with E-state index in [-0.39, 0.29) is 11.9 Å². The summed E-state index contributed by atoms with van der Waals surface area (Å²) in [5, 5.41) is 5.64. The molecule has 160 valence electrons. The van der Waals surface area contributed by atoms with Crippen LogP contribution in [-0.2, 0) is 0 Å². The number of nitrogens with zero attached hydrogens (tertiary/aromatic N) is 7. The fourth-order valence-electron chi connectivity index (χ4n) is 3.53. The lowest BCUT2D eigenvalue weighted by molar-refractivity contribution is 0.232. The van der Waals surface area contributed by atoms with E-state index in [0.29, 0.717) is 5.88 Å². The maximum atomic E-state index is 13.2. The number of piperazine rings is 1. The molecule has 1 aliphatic rings. The third kappa shape index (κ3) is 4.02. The summed E-state index contributed by atoms with van der Waals surface area (Å²) in [5.41, 5.74) is 1.66. The highest BCUT2D eigenvalue weighted by Gasteiger charge is 2.24. The Kier molecular flexibility index (Phi) is 5.14. The molecule has 4 heterocycles. The fourth-order valence-corrected chi connectivity index (χ4v) is 4.46. The van der Waals surface area contributed by atoms with Crippen molar-refractivity contribution in [3.8, 4) is 17.1 Å². The number of aromatic nitrogens is 5. The molecule has 0 amide bonds. The number of rotatable bonds is 5. The van der Waals surface area contributed by atoms with Gasteiger partial charge in [-0.1, -0.05) is 11.3 Å². The van der Waals surface area contributed by atoms with Gasteiger partial charge in [0, 0.05) is 44.1 Å². The minimum atomic E-state index is -0.256. The van der Waals surface area contributed by atoms with Gasteiger partial charge >= 0.3 is 0 Å². The summed E-state index contributed by atoms with van der Waals surface area (Å²) in [7, 11) is 0. The smallest absolute Gasteiger partial charge is 0.257 e. The van der Waals surface area contributed by atoms with Gasteiger partial charge in [0.1, 0.15) is 5.82 Å². The number of ether oxygens (including phenoxy) is 1. The zero-order chi connectivity index (χ0) is 21.4. The van der Waals surface area contributed by atoms with Crippen LogP contribution in [0.4, 0.5) is 15.3 Å². The Morgan fingerprint density at radius 1 is 1.00 bits per heavy atom. The van der Waals surface area contributed by atoms with Crippen LogP contribution in [0.2, 0.25) is 0 Å². The summed E-state index contributed by atoms with van der Waals surface area (Å²) in [5.74, 6) is 1.11. The molecule has 0 aliphatic carbocycles. The highest BCUT2D eigenvalue weighted by Crippen LogP contribution is 2.29. The molecule has 1 saturated heterocycles. The third-order valence-corrected chi connectivity index (χ3v) is 6.00. The molecule has 31 heavy (non-hydrogen) atoms. The molecule has 8 nitrogen and oxygen atoms in total. The number of anilines is 2. The molecule has 0 saturated carbocycles. The molecule has 0 unspecified atom stereocenters. The van der Waals surface area contributed by atoms with Crippen molar-refractivity contribution in [3.05, 3.63) is 48.7 Å².